The average Bonchev–Trinajstić information content (AvgIpc) is 3.17. The molecule has 12 heteroatoms. The Bertz CT molecular complexity index is 1230. The van der Waals surface area contributed by atoms with Crippen molar-refractivity contribution in [2.24, 2.45) is 0 Å². The van der Waals surface area contributed by atoms with Gasteiger partial charge in [0.2, 0.25) is 0 Å². The van der Waals surface area contributed by atoms with Crippen molar-refractivity contribution in [2.45, 2.75) is 74.3 Å². The van der Waals surface area contributed by atoms with Gasteiger partial charge < -0.3 is 0 Å². The van der Waals surface area contributed by atoms with Gasteiger partial charge in [-0.3, -0.25) is 0 Å². The first kappa shape index (κ1) is 32.2. The summed E-state index contributed by atoms with van der Waals surface area (Å²) in [4.78, 5) is 26.8. The number of hydrogen-bond donors (Lipinski definition) is 3. The number of hydrogen-bond acceptors (Lipinski definition) is 7. The van der Waals surface area contributed by atoms with Crippen LogP contribution in [0.15, 0.2) is 53.4 Å². The van der Waals surface area contributed by atoms with E-state index >= 15 is 0 Å². The van der Waals surface area contributed by atoms with Crippen LogP contribution in [0.1, 0.15) is 56.9 Å². The molecule has 2 aromatic carbocycles. The summed E-state index contributed by atoms with van der Waals surface area (Å²) < 4.78 is 34.6. The van der Waals surface area contributed by atoms with E-state index < -0.39 is 43.0 Å². The maximum atomic E-state index is 13.3. The number of methoxy groups -OCH3 is 1. The van der Waals surface area contributed by atoms with Gasteiger partial charge in [-0.2, -0.15) is 0 Å². The third kappa shape index (κ3) is 9.38. The fraction of sp³-hybridized carbons (Fsp3) is 0.536. The van der Waals surface area contributed by atoms with Gasteiger partial charge in [0.15, 0.2) is 0 Å². The van der Waals surface area contributed by atoms with Gasteiger partial charge in [-0.15, -0.1) is 0 Å². The summed E-state index contributed by atoms with van der Waals surface area (Å²) in [5.74, 6) is -0.673. The van der Waals surface area contributed by atoms with Crippen LogP contribution in [-0.4, -0.2) is 67.0 Å². The molecule has 0 radical (unpaired) electrons. The van der Waals surface area contributed by atoms with Crippen LogP contribution >= 0.6 is 0 Å². The second-order valence-electron chi connectivity index (χ2n) is 10.5. The molecule has 3 rings (SSSR count). The maximum absolute atomic E-state index is 13.3. The molecule has 0 bridgehead atoms. The molecule has 1 atom stereocenters. The van der Waals surface area contributed by atoms with Crippen LogP contribution in [0.25, 0.3) is 0 Å². The molecule has 40 heavy (non-hydrogen) atoms. The van der Waals surface area contributed by atoms with Crippen LogP contribution in [0.4, 0.5) is 5.69 Å². The minimum atomic E-state index is -4.24. The zero-order valence-corrected chi connectivity index (χ0v) is 26.4. The normalized spacial score (nSPS) is 16.3. The number of amides is 1. The summed E-state index contributed by atoms with van der Waals surface area (Å²) in [6.45, 7) is 0.838. The van der Waals surface area contributed by atoms with E-state index in [-0.39, 0.29) is 14.1 Å². The Balaban J connectivity index is 1.83. The molecular formula is C28H41IN4O6S. The fourth-order valence-electron chi connectivity index (χ4n) is 4.93. The van der Waals surface area contributed by atoms with Crippen molar-refractivity contribution in [3.8, 4) is 0 Å². The first-order valence-electron chi connectivity index (χ1n) is 13.6. The van der Waals surface area contributed by atoms with E-state index in [4.69, 9.17) is 4.74 Å². The molecule has 0 unspecified atom stereocenters. The molecular weight excluding hydrogens is 647 g/mol. The van der Waals surface area contributed by atoms with E-state index in [0.717, 1.165) is 51.5 Å². The van der Waals surface area contributed by atoms with Crippen molar-refractivity contribution in [3.63, 3.8) is 0 Å². The number of rotatable bonds is 14. The molecule has 0 heterocycles. The zero-order chi connectivity index (χ0) is 29.2. The molecule has 0 aliphatic heterocycles. The van der Waals surface area contributed by atoms with E-state index in [0.29, 0.717) is 22.1 Å². The van der Waals surface area contributed by atoms with Crippen molar-refractivity contribution in [2.75, 3.05) is 33.1 Å². The third-order valence-electron chi connectivity index (χ3n) is 7.27. The molecule has 10 nitrogen and oxygen atoms in total. The number of anilines is 1. The van der Waals surface area contributed by atoms with E-state index in [2.05, 4.69) is 27.1 Å². The van der Waals surface area contributed by atoms with Crippen LogP contribution in [0.2, 0.25) is 0 Å². The summed E-state index contributed by atoms with van der Waals surface area (Å²) in [6.07, 6.45) is 6.92. The number of benzene rings is 2. The number of carbonyl (C=O) groups excluding carboxylic acids is 1. The Morgan fingerprint density at radius 3 is 2.38 bits per heavy atom. The number of sulfonamides is 1. The molecule has 1 aliphatic rings. The Morgan fingerprint density at radius 2 is 1.77 bits per heavy atom. The average molecular weight is 689 g/mol. The zero-order valence-electron chi connectivity index (χ0n) is 23.4. The summed E-state index contributed by atoms with van der Waals surface area (Å²) in [5.41, 5.74) is 0.630. The van der Waals surface area contributed by atoms with Gasteiger partial charge in [0.05, 0.1) is 0 Å². The molecule has 3 N–H and O–H groups in total. The van der Waals surface area contributed by atoms with Gasteiger partial charge in [-0.05, 0) is 0 Å². The Kier molecular flexibility index (Phi) is 12.2. The number of nitrogens with zero attached hydrogens (tertiary/aromatic N) is 2. The molecule has 0 spiro atoms. The van der Waals surface area contributed by atoms with E-state index in [9.17, 15) is 23.3 Å². The predicted octanol–water partition coefficient (Wildman–Crippen LogP) is 0.938. The van der Waals surface area contributed by atoms with Gasteiger partial charge in [0.1, 0.15) is 0 Å². The monoisotopic (exact) mass is 688 g/mol. The molecule has 1 aliphatic carbocycles. The summed E-state index contributed by atoms with van der Waals surface area (Å²) in [6, 6.07) is 14.6. The number of ether oxygens (including phenoxy) is 1. The summed E-state index contributed by atoms with van der Waals surface area (Å²) >= 11 is -1.62. The summed E-state index contributed by atoms with van der Waals surface area (Å²) in [5, 5.41) is 13.0. The van der Waals surface area contributed by atoms with Crippen molar-refractivity contribution < 1.29 is 47.8 Å². The molecule has 0 saturated heterocycles. The summed E-state index contributed by atoms with van der Waals surface area (Å²) in [7, 11) is 1.21. The standard InChI is InChI=1S/C28H41IN4O6S/c1-32(2)20-17-23(14-13-22-11-7-6-8-12-22)30-26-16-15-24(21-25(26)29-33(35)36)40(37,38)31-27(34)28(39-3)18-9-4-5-10-19-28/h6-8,11-12,15-16,21,23,30H,4-5,9-10,13-14,17-20H2,1-3H3,(H,31,34)(H,35,36)/t23-/m0/s1. The third-order valence-corrected chi connectivity index (χ3v) is 10.4. The topological polar surface area (TPSA) is 128 Å². The second-order valence-corrected chi connectivity index (χ2v) is 14.6. The Morgan fingerprint density at radius 1 is 1.10 bits per heavy atom. The fourth-order valence-corrected chi connectivity index (χ4v) is 7.73. The SMILES string of the molecule is COC1(C(=O)NS(=O)(=O)c2ccc(N[C@@H](CCc3ccccc3)CCN(C)C)c([I-][N+](=O)O)c2)CCCCCC1. The quantitative estimate of drug-likeness (QED) is 0.116. The number of halogens is 1. The van der Waals surface area contributed by atoms with Crippen molar-refractivity contribution in [3.05, 3.63) is 62.6 Å². The van der Waals surface area contributed by atoms with Crippen LogP contribution < -0.4 is 31.5 Å². The van der Waals surface area contributed by atoms with Gasteiger partial charge >= 0.3 is 249 Å². The molecule has 1 saturated carbocycles. The van der Waals surface area contributed by atoms with Gasteiger partial charge in [-0.1, -0.05) is 0 Å². The Hall–Kier alpha value is -2.29. The van der Waals surface area contributed by atoms with E-state index in [1.165, 1.54) is 24.8 Å². The van der Waals surface area contributed by atoms with Crippen molar-refractivity contribution in [1.82, 2.24) is 9.62 Å². The number of aryl methyl sites for hydroxylation is 1. The van der Waals surface area contributed by atoms with Gasteiger partial charge in [-0.25, -0.2) is 0 Å². The molecule has 2 aromatic rings. The minimum absolute atomic E-state index is 0.0446. The van der Waals surface area contributed by atoms with Crippen LogP contribution in [-0.2, 0) is 26.0 Å². The number of nitrogens with one attached hydrogen (secondary N) is 2. The van der Waals surface area contributed by atoms with E-state index in [1.54, 1.807) is 6.07 Å². The van der Waals surface area contributed by atoms with E-state index in [1.807, 2.05) is 32.3 Å². The molecule has 1 fully saturated rings. The second kappa shape index (κ2) is 15.1. The van der Waals surface area contributed by atoms with Gasteiger partial charge in [0, 0.05) is 0 Å². The molecule has 222 valence electrons. The first-order valence-corrected chi connectivity index (χ1v) is 17.1. The number of carbonyl (C=O) groups is 1. The van der Waals surface area contributed by atoms with Crippen LogP contribution in [0.5, 0.6) is 0 Å². The first-order chi connectivity index (χ1) is 19.0. The van der Waals surface area contributed by atoms with Crippen LogP contribution in [0, 0.1) is 8.48 Å². The predicted molar refractivity (Wildman–Crippen MR) is 149 cm³/mol. The molecule has 1 amide bonds. The van der Waals surface area contributed by atoms with Gasteiger partial charge in [0.25, 0.3) is 0 Å². The molecule has 0 aromatic heterocycles. The van der Waals surface area contributed by atoms with Crippen molar-refractivity contribution >= 4 is 21.6 Å². The Labute approximate surface area is 248 Å². The van der Waals surface area contributed by atoms with Crippen LogP contribution in [0.3, 0.4) is 0 Å². The van der Waals surface area contributed by atoms with Crippen molar-refractivity contribution in [1.29, 1.82) is 0 Å².